The summed E-state index contributed by atoms with van der Waals surface area (Å²) in [6, 6.07) is 0. The summed E-state index contributed by atoms with van der Waals surface area (Å²) in [5.41, 5.74) is 7.97. The topological polar surface area (TPSA) is 38.0 Å². The second kappa shape index (κ2) is 10.9. The summed E-state index contributed by atoms with van der Waals surface area (Å²) in [4.78, 5) is 4.36. The Hall–Kier alpha value is -2.81. The molecule has 1 N–H and O–H groups in total. The van der Waals surface area contributed by atoms with E-state index in [0.717, 1.165) is 12.8 Å². The van der Waals surface area contributed by atoms with Crippen LogP contribution < -0.4 is 0 Å². The predicted octanol–water partition coefficient (Wildman–Crippen LogP) is 9.57. The van der Waals surface area contributed by atoms with Gasteiger partial charge < -0.3 is 9.67 Å². The Kier molecular flexibility index (Phi) is 7.60. The molecule has 1 aromatic heterocycles. The number of aliphatic hydroxyl groups is 1. The fourth-order valence-corrected chi connectivity index (χ4v) is 6.82. The van der Waals surface area contributed by atoms with E-state index in [-0.39, 0.29) is 10.8 Å². The van der Waals surface area contributed by atoms with Gasteiger partial charge in [-0.25, -0.2) is 4.98 Å². The van der Waals surface area contributed by atoms with Crippen molar-refractivity contribution in [3.8, 4) is 0 Å². The molecule has 3 heteroatoms. The highest BCUT2D eigenvalue weighted by atomic mass is 16.3. The SMILES string of the molecule is CCCCCCCCCCCCC1=C2C3=C(C=C[C@]2(C)C(n2ccnc2)=C1)[C@]1(C)CC=C(O)C=C1C=C3. The summed E-state index contributed by atoms with van der Waals surface area (Å²) < 4.78 is 2.20. The lowest BCUT2D eigenvalue weighted by Gasteiger charge is -2.43. The van der Waals surface area contributed by atoms with Crippen molar-refractivity contribution < 1.29 is 5.11 Å². The van der Waals surface area contributed by atoms with E-state index in [4.69, 9.17) is 0 Å². The minimum atomic E-state index is -0.165. The van der Waals surface area contributed by atoms with Crippen molar-refractivity contribution in [1.29, 1.82) is 0 Å². The van der Waals surface area contributed by atoms with Crippen LogP contribution in [-0.4, -0.2) is 14.7 Å². The Labute approximate surface area is 223 Å². The third-order valence-electron chi connectivity index (χ3n) is 9.09. The molecule has 0 spiro atoms. The number of aliphatic hydroxyl groups excluding tert-OH is 1. The molecule has 1 aromatic rings. The molecule has 0 saturated carbocycles. The lowest BCUT2D eigenvalue weighted by atomic mass is 9.61. The number of hydrogen-bond donors (Lipinski definition) is 1. The fraction of sp³-hybridized carbons (Fsp3) is 0.500. The zero-order valence-corrected chi connectivity index (χ0v) is 23.1. The van der Waals surface area contributed by atoms with Gasteiger partial charge in [-0.1, -0.05) is 95.9 Å². The van der Waals surface area contributed by atoms with Crippen molar-refractivity contribution in [2.45, 2.75) is 97.8 Å². The molecule has 0 radical (unpaired) electrons. The van der Waals surface area contributed by atoms with Crippen molar-refractivity contribution >= 4 is 5.70 Å². The average Bonchev–Trinajstić information content (AvgIpc) is 3.51. The zero-order valence-electron chi connectivity index (χ0n) is 23.1. The Morgan fingerprint density at radius 3 is 2.35 bits per heavy atom. The van der Waals surface area contributed by atoms with Crippen molar-refractivity contribution in [2.75, 3.05) is 0 Å². The third-order valence-corrected chi connectivity index (χ3v) is 9.09. The van der Waals surface area contributed by atoms with Gasteiger partial charge in [0.05, 0.1) is 11.7 Å². The molecule has 0 bridgehead atoms. The van der Waals surface area contributed by atoms with Gasteiger partial charge in [-0.2, -0.15) is 0 Å². The Bertz CT molecular complexity index is 1220. The molecular weight excluding hydrogens is 452 g/mol. The second-order valence-electron chi connectivity index (χ2n) is 11.8. The van der Waals surface area contributed by atoms with Crippen LogP contribution in [0.5, 0.6) is 0 Å². The van der Waals surface area contributed by atoms with Gasteiger partial charge in [0.15, 0.2) is 0 Å². The number of fused-ring (bicyclic) bond motifs is 4. The van der Waals surface area contributed by atoms with E-state index < -0.39 is 0 Å². The maximum Gasteiger partial charge on any atom is 0.111 e. The highest BCUT2D eigenvalue weighted by Gasteiger charge is 2.46. The number of rotatable bonds is 12. The van der Waals surface area contributed by atoms with Crippen LogP contribution in [0.1, 0.15) is 97.8 Å². The fourth-order valence-electron chi connectivity index (χ4n) is 6.82. The minimum absolute atomic E-state index is 0.0961. The normalized spacial score (nSPS) is 26.1. The molecule has 3 nitrogen and oxygen atoms in total. The van der Waals surface area contributed by atoms with Crippen LogP contribution in [0.15, 0.2) is 94.9 Å². The summed E-state index contributed by atoms with van der Waals surface area (Å²) in [7, 11) is 0. The van der Waals surface area contributed by atoms with Crippen LogP contribution in [-0.2, 0) is 0 Å². The molecule has 37 heavy (non-hydrogen) atoms. The van der Waals surface area contributed by atoms with Crippen LogP contribution in [0.4, 0.5) is 0 Å². The summed E-state index contributed by atoms with van der Waals surface area (Å²) in [5.74, 6) is 0.386. The number of unbranched alkanes of at least 4 members (excludes halogenated alkanes) is 9. The molecule has 0 unspecified atom stereocenters. The lowest BCUT2D eigenvalue weighted by molar-refractivity contribution is 0.400. The molecule has 0 saturated heterocycles. The first kappa shape index (κ1) is 25.8. The minimum Gasteiger partial charge on any atom is -0.508 e. The van der Waals surface area contributed by atoms with Crippen LogP contribution in [0.3, 0.4) is 0 Å². The highest BCUT2D eigenvalue weighted by molar-refractivity contribution is 5.79. The van der Waals surface area contributed by atoms with Gasteiger partial charge in [-0.3, -0.25) is 0 Å². The van der Waals surface area contributed by atoms with Crippen molar-refractivity contribution in [3.63, 3.8) is 0 Å². The van der Waals surface area contributed by atoms with E-state index in [1.165, 1.54) is 97.8 Å². The third kappa shape index (κ3) is 4.90. The van der Waals surface area contributed by atoms with E-state index in [0.29, 0.717) is 5.76 Å². The first-order valence-electron chi connectivity index (χ1n) is 14.7. The van der Waals surface area contributed by atoms with E-state index in [1.807, 2.05) is 24.7 Å². The van der Waals surface area contributed by atoms with Gasteiger partial charge in [0.1, 0.15) is 5.76 Å². The molecule has 0 fully saturated rings. The number of hydrogen-bond acceptors (Lipinski definition) is 2. The van der Waals surface area contributed by atoms with Crippen LogP contribution in [0.25, 0.3) is 5.70 Å². The van der Waals surface area contributed by atoms with E-state index in [1.54, 1.807) is 0 Å². The van der Waals surface area contributed by atoms with Crippen LogP contribution in [0.2, 0.25) is 0 Å². The molecular formula is C34H44N2O. The summed E-state index contributed by atoms with van der Waals surface area (Å²) >= 11 is 0. The summed E-state index contributed by atoms with van der Waals surface area (Å²) in [5, 5.41) is 10.1. The molecule has 1 heterocycles. The molecule has 196 valence electrons. The predicted molar refractivity (Wildman–Crippen MR) is 155 cm³/mol. The standard InChI is InChI=1S/C34H44N2O/c1-4-5-6-7-8-9-10-11-12-13-14-26-23-31(36-22-21-35-25-36)34(3)20-18-30-29(32(26)34)16-15-27-24-28(37)17-19-33(27,30)2/h15-18,20-25,37H,4-14,19H2,1-3H3/t33-,34-/m1/s1. The molecule has 4 aliphatic rings. The number of nitrogens with zero attached hydrogens (tertiary/aromatic N) is 2. The van der Waals surface area contributed by atoms with Crippen molar-refractivity contribution in [1.82, 2.24) is 9.55 Å². The number of aromatic nitrogens is 2. The van der Waals surface area contributed by atoms with Gasteiger partial charge in [0.25, 0.3) is 0 Å². The summed E-state index contributed by atoms with van der Waals surface area (Å²) in [6.07, 6.45) is 37.1. The monoisotopic (exact) mass is 496 g/mol. The van der Waals surface area contributed by atoms with Crippen LogP contribution >= 0.6 is 0 Å². The maximum atomic E-state index is 10.1. The van der Waals surface area contributed by atoms with Crippen molar-refractivity contribution in [2.24, 2.45) is 10.8 Å². The smallest absolute Gasteiger partial charge is 0.111 e. The molecule has 0 aliphatic heterocycles. The largest absolute Gasteiger partial charge is 0.508 e. The molecule has 4 aliphatic carbocycles. The molecule has 5 rings (SSSR count). The Morgan fingerprint density at radius 2 is 1.65 bits per heavy atom. The molecule has 2 atom stereocenters. The quantitative estimate of drug-likeness (QED) is 0.293. The highest BCUT2D eigenvalue weighted by Crippen LogP contribution is 2.59. The van der Waals surface area contributed by atoms with Crippen molar-refractivity contribution in [3.05, 3.63) is 94.9 Å². The average molecular weight is 497 g/mol. The van der Waals surface area contributed by atoms with E-state index in [9.17, 15) is 5.11 Å². The van der Waals surface area contributed by atoms with Gasteiger partial charge in [0, 0.05) is 23.5 Å². The van der Waals surface area contributed by atoms with Gasteiger partial charge >= 0.3 is 0 Å². The number of allylic oxidation sites excluding steroid dienone is 13. The Balaban J connectivity index is 1.34. The van der Waals surface area contributed by atoms with Gasteiger partial charge in [-0.15, -0.1) is 0 Å². The molecule has 0 aromatic carbocycles. The van der Waals surface area contributed by atoms with E-state index in [2.05, 4.69) is 66.9 Å². The van der Waals surface area contributed by atoms with Gasteiger partial charge in [0.2, 0.25) is 0 Å². The second-order valence-corrected chi connectivity index (χ2v) is 11.8. The first-order chi connectivity index (χ1) is 18.0. The molecule has 0 amide bonds. The Morgan fingerprint density at radius 1 is 0.919 bits per heavy atom. The van der Waals surface area contributed by atoms with Gasteiger partial charge in [-0.05, 0) is 72.3 Å². The number of imidazole rings is 1. The van der Waals surface area contributed by atoms with Crippen LogP contribution in [0, 0.1) is 10.8 Å². The maximum absolute atomic E-state index is 10.1. The van der Waals surface area contributed by atoms with E-state index >= 15 is 0 Å². The summed E-state index contributed by atoms with van der Waals surface area (Å²) in [6.45, 7) is 6.99. The lowest BCUT2D eigenvalue weighted by Crippen LogP contribution is -2.31. The zero-order chi connectivity index (χ0) is 25.9. The first-order valence-corrected chi connectivity index (χ1v) is 14.7.